The second kappa shape index (κ2) is 9.07. The van der Waals surface area contributed by atoms with E-state index in [1.54, 1.807) is 0 Å². The summed E-state index contributed by atoms with van der Waals surface area (Å²) in [6.07, 6.45) is -1.50. The number of para-hydroxylation sites is 1. The van der Waals surface area contributed by atoms with Crippen molar-refractivity contribution in [2.45, 2.75) is 6.92 Å². The van der Waals surface area contributed by atoms with Crippen molar-refractivity contribution in [2.75, 3.05) is 14.1 Å². The Morgan fingerprint density at radius 1 is 0.486 bits per heavy atom. The predicted molar refractivity (Wildman–Crippen MR) is 162 cm³/mol. The van der Waals surface area contributed by atoms with Crippen LogP contribution in [0.5, 0.6) is 0 Å². The number of hydrogen-bond acceptors (Lipinski definition) is 0. The highest BCUT2D eigenvalue weighted by atomic mass is 15.3. The molecule has 37 heavy (non-hydrogen) atoms. The summed E-state index contributed by atoms with van der Waals surface area (Å²) in [5, 5.41) is 0. The summed E-state index contributed by atoms with van der Waals surface area (Å²) < 4.78 is 0.726. The van der Waals surface area contributed by atoms with Crippen LogP contribution in [0.4, 0.5) is 5.69 Å². The van der Waals surface area contributed by atoms with Crippen LogP contribution in [0.3, 0.4) is 0 Å². The number of rotatable bonds is 4. The number of hydrogen-bond donors (Lipinski definition) is 0. The Labute approximate surface area is 220 Å². The van der Waals surface area contributed by atoms with Crippen LogP contribution in [0.15, 0.2) is 140 Å². The quantitative estimate of drug-likeness (QED) is 0.249. The number of nitrogens with zero attached hydrogens (tertiary/aromatic N) is 1. The molecular formula is C35H32BN. The Morgan fingerprint density at radius 3 is 1.54 bits per heavy atom. The highest BCUT2D eigenvalue weighted by Crippen LogP contribution is 2.50. The molecule has 180 valence electrons. The lowest BCUT2D eigenvalue weighted by Crippen LogP contribution is -2.80. The van der Waals surface area contributed by atoms with Gasteiger partial charge in [-0.3, -0.25) is 0 Å². The fourth-order valence-corrected chi connectivity index (χ4v) is 6.84. The average molecular weight is 477 g/mol. The van der Waals surface area contributed by atoms with Gasteiger partial charge < -0.3 is 4.39 Å². The Hall–Kier alpha value is -4.14. The smallest absolute Gasteiger partial charge is 0.296 e. The first-order chi connectivity index (χ1) is 18.0. The number of aryl methyl sites for hydroxylation is 1. The third-order valence-electron chi connectivity index (χ3n) is 8.44. The molecule has 0 bridgehead atoms. The summed E-state index contributed by atoms with van der Waals surface area (Å²) in [7, 11) is 4.79. The Bertz CT molecular complexity index is 1530. The van der Waals surface area contributed by atoms with E-state index in [0.29, 0.717) is 0 Å². The van der Waals surface area contributed by atoms with Gasteiger partial charge in [-0.05, 0) is 30.2 Å². The number of benzene rings is 5. The first-order valence-corrected chi connectivity index (χ1v) is 13.1. The lowest BCUT2D eigenvalue weighted by Gasteiger charge is -2.61. The highest BCUT2D eigenvalue weighted by molar-refractivity contribution is 7.16. The number of quaternary nitrogens is 1. The van der Waals surface area contributed by atoms with E-state index >= 15 is 0 Å². The van der Waals surface area contributed by atoms with Gasteiger partial charge in [-0.1, -0.05) is 139 Å². The lowest BCUT2D eigenvalue weighted by molar-refractivity contribution is 0.610. The molecule has 0 amide bonds. The average Bonchev–Trinajstić information content (AvgIpc) is 2.95. The molecule has 0 radical (unpaired) electrons. The third-order valence-corrected chi connectivity index (χ3v) is 8.44. The topological polar surface area (TPSA) is 0 Å². The van der Waals surface area contributed by atoms with E-state index in [1.807, 2.05) is 0 Å². The summed E-state index contributed by atoms with van der Waals surface area (Å²) in [6, 6.07) is 51.5. The molecule has 0 saturated carbocycles. The molecule has 5 aromatic carbocycles. The van der Waals surface area contributed by atoms with E-state index in [9.17, 15) is 0 Å². The van der Waals surface area contributed by atoms with Crippen LogP contribution in [0.2, 0.25) is 0 Å². The van der Waals surface area contributed by atoms with Crippen molar-refractivity contribution in [3.8, 4) is 0 Å². The van der Waals surface area contributed by atoms with Crippen molar-refractivity contribution in [1.82, 2.24) is 4.39 Å². The molecule has 1 aliphatic rings. The zero-order chi connectivity index (χ0) is 25.5. The maximum Gasteiger partial charge on any atom is 0.296 e. The van der Waals surface area contributed by atoms with Crippen molar-refractivity contribution in [1.29, 1.82) is 0 Å². The van der Waals surface area contributed by atoms with Crippen LogP contribution in [-0.2, 0) is 0 Å². The molecule has 2 heteroatoms. The van der Waals surface area contributed by atoms with Gasteiger partial charge in [0.1, 0.15) is 0 Å². The summed E-state index contributed by atoms with van der Waals surface area (Å²) in [5.74, 6) is 0. The summed E-state index contributed by atoms with van der Waals surface area (Å²) in [5.41, 5.74) is 11.9. The molecule has 0 fully saturated rings. The molecule has 5 aromatic rings. The van der Waals surface area contributed by atoms with Crippen molar-refractivity contribution in [2.24, 2.45) is 0 Å². The molecule has 0 saturated heterocycles. The highest BCUT2D eigenvalue weighted by Gasteiger charge is 2.53. The summed E-state index contributed by atoms with van der Waals surface area (Å²) >= 11 is 0. The van der Waals surface area contributed by atoms with E-state index in [1.165, 1.54) is 49.9 Å². The maximum absolute atomic E-state index is 2.40. The van der Waals surface area contributed by atoms with Crippen LogP contribution in [0.1, 0.15) is 22.3 Å². The van der Waals surface area contributed by atoms with Crippen LogP contribution in [0, 0.1) is 6.92 Å². The third kappa shape index (κ3) is 3.52. The van der Waals surface area contributed by atoms with Gasteiger partial charge in [-0.15, -0.1) is 16.4 Å². The van der Waals surface area contributed by atoms with Crippen LogP contribution >= 0.6 is 0 Å². The molecule has 1 nitrogen and oxygen atoms in total. The minimum Gasteiger partial charge on any atom is -0.474 e. The normalized spacial score (nSPS) is 15.8. The van der Waals surface area contributed by atoms with Gasteiger partial charge in [0.25, 0.3) is 6.28 Å². The first-order valence-electron chi connectivity index (χ1n) is 13.1. The van der Waals surface area contributed by atoms with Crippen molar-refractivity contribution >= 4 is 33.9 Å². The van der Waals surface area contributed by atoms with Gasteiger partial charge in [-0.25, -0.2) is 0 Å². The van der Waals surface area contributed by atoms with Gasteiger partial charge in [-0.2, -0.15) is 0 Å². The first kappa shape index (κ1) is 23.3. The van der Waals surface area contributed by atoms with Crippen LogP contribution in [0.25, 0.3) is 11.0 Å². The van der Waals surface area contributed by atoms with E-state index in [-0.39, 0.29) is 0 Å². The minimum absolute atomic E-state index is 0.726. The zero-order valence-electron chi connectivity index (χ0n) is 21.8. The van der Waals surface area contributed by atoms with E-state index < -0.39 is 6.28 Å². The standard InChI is InChI=1S/C35H32BN/c1-27-23-25-28(26-24-27)34-32-21-13-14-22-33(32)37(2,3)36(30-17-9-5-10-18-30,31-19-11-6-12-20-31)35(34)29-15-7-4-8-16-29/h4-26H,1-3H3. The fraction of sp³-hybridized carbons (Fsp3) is 0.0857. The lowest BCUT2D eigenvalue weighted by atomic mass is 9.19. The molecule has 0 N–H and O–H groups in total. The van der Waals surface area contributed by atoms with Crippen molar-refractivity contribution < 1.29 is 0 Å². The van der Waals surface area contributed by atoms with Gasteiger partial charge in [0.05, 0.1) is 5.69 Å². The second-order valence-corrected chi connectivity index (χ2v) is 10.7. The summed E-state index contributed by atoms with van der Waals surface area (Å²) in [4.78, 5) is 0. The molecule has 0 aliphatic carbocycles. The SMILES string of the molecule is Cc1ccc(C2=C(c3ccccc3)[B-](c3ccccc3)(c3ccccc3)[N+](C)(C)c3ccccc32)cc1. The fourth-order valence-electron chi connectivity index (χ4n) is 6.84. The largest absolute Gasteiger partial charge is 0.474 e. The molecule has 0 spiro atoms. The Morgan fingerprint density at radius 2 is 0.973 bits per heavy atom. The maximum atomic E-state index is 2.40. The molecule has 1 heterocycles. The molecule has 1 aliphatic heterocycles. The van der Waals surface area contributed by atoms with Crippen LogP contribution < -0.4 is 15.3 Å². The van der Waals surface area contributed by atoms with Gasteiger partial charge in [0, 0.05) is 19.7 Å². The van der Waals surface area contributed by atoms with E-state index in [2.05, 4.69) is 161 Å². The molecule has 0 aromatic heterocycles. The second-order valence-electron chi connectivity index (χ2n) is 10.7. The van der Waals surface area contributed by atoms with Gasteiger partial charge >= 0.3 is 0 Å². The molecule has 6 rings (SSSR count). The monoisotopic (exact) mass is 477 g/mol. The molecular weight excluding hydrogens is 445 g/mol. The zero-order valence-corrected chi connectivity index (χ0v) is 21.8. The Balaban J connectivity index is 1.89. The minimum atomic E-state index is -1.50. The van der Waals surface area contributed by atoms with Crippen molar-refractivity contribution in [3.05, 3.63) is 162 Å². The van der Waals surface area contributed by atoms with Gasteiger partial charge in [0.15, 0.2) is 0 Å². The van der Waals surface area contributed by atoms with Gasteiger partial charge in [0.2, 0.25) is 0 Å². The predicted octanol–water partition coefficient (Wildman–Crippen LogP) is 6.83. The summed E-state index contributed by atoms with van der Waals surface area (Å²) in [6.45, 7) is 2.16. The van der Waals surface area contributed by atoms with Crippen LogP contribution in [-0.4, -0.2) is 20.4 Å². The molecule has 0 unspecified atom stereocenters. The van der Waals surface area contributed by atoms with E-state index in [4.69, 9.17) is 0 Å². The Kier molecular flexibility index (Phi) is 5.70. The molecule has 0 atom stereocenters. The number of fused-ring (bicyclic) bond motifs is 1. The van der Waals surface area contributed by atoms with E-state index in [0.717, 1.165) is 4.39 Å². The van der Waals surface area contributed by atoms with Crippen molar-refractivity contribution in [3.63, 3.8) is 0 Å².